The SMILES string of the molecule is O=C(CCCC1CCCO1)CSc1cccc(F)c1. The third kappa shape index (κ3) is 5.33. The molecule has 1 fully saturated rings. The number of carbonyl (C=O) groups excluding carboxylic acids is 1. The Bertz CT molecular complexity index is 416. The van der Waals surface area contributed by atoms with Gasteiger partial charge in [-0.05, 0) is 43.9 Å². The quantitative estimate of drug-likeness (QED) is 0.711. The maximum atomic E-state index is 13.0. The van der Waals surface area contributed by atoms with Gasteiger partial charge in [-0.3, -0.25) is 4.79 Å². The molecule has 1 aromatic rings. The monoisotopic (exact) mass is 282 g/mol. The molecular formula is C15H19FO2S. The van der Waals surface area contributed by atoms with E-state index in [4.69, 9.17) is 4.74 Å². The number of thioether (sulfide) groups is 1. The Kier molecular flexibility index (Phi) is 5.86. The standard InChI is InChI=1S/C15H19FO2S/c16-12-4-1-8-15(10-12)19-11-13(17)5-2-6-14-7-3-9-18-14/h1,4,8,10,14H,2-3,5-7,9,11H2. The van der Waals surface area contributed by atoms with Crippen LogP contribution in [-0.4, -0.2) is 24.2 Å². The summed E-state index contributed by atoms with van der Waals surface area (Å²) >= 11 is 1.40. The first-order valence-electron chi connectivity index (χ1n) is 6.76. The van der Waals surface area contributed by atoms with Gasteiger partial charge in [0.2, 0.25) is 0 Å². The number of benzene rings is 1. The van der Waals surface area contributed by atoms with Crippen molar-refractivity contribution in [1.82, 2.24) is 0 Å². The lowest BCUT2D eigenvalue weighted by Gasteiger charge is -2.08. The lowest BCUT2D eigenvalue weighted by molar-refractivity contribution is -0.116. The number of ketones is 1. The smallest absolute Gasteiger partial charge is 0.143 e. The summed E-state index contributed by atoms with van der Waals surface area (Å²) in [5.74, 6) is 0.401. The van der Waals surface area contributed by atoms with Crippen molar-refractivity contribution < 1.29 is 13.9 Å². The Balaban J connectivity index is 1.61. The molecule has 2 nitrogen and oxygen atoms in total. The molecular weight excluding hydrogens is 263 g/mol. The van der Waals surface area contributed by atoms with Gasteiger partial charge in [-0.25, -0.2) is 4.39 Å². The second-order valence-corrected chi connectivity index (χ2v) is 5.86. The van der Waals surface area contributed by atoms with Crippen LogP contribution in [0.2, 0.25) is 0 Å². The highest BCUT2D eigenvalue weighted by atomic mass is 32.2. The fourth-order valence-electron chi connectivity index (χ4n) is 2.19. The molecule has 2 rings (SSSR count). The summed E-state index contributed by atoms with van der Waals surface area (Å²) in [6.45, 7) is 0.869. The number of Topliss-reactive ketones (excluding diaryl/α,β-unsaturated/α-hetero) is 1. The van der Waals surface area contributed by atoms with Crippen LogP contribution >= 0.6 is 11.8 Å². The molecule has 1 aliphatic rings. The highest BCUT2D eigenvalue weighted by Crippen LogP contribution is 2.21. The number of hydrogen-bond donors (Lipinski definition) is 0. The molecule has 0 N–H and O–H groups in total. The molecule has 4 heteroatoms. The molecule has 0 aromatic heterocycles. The summed E-state index contributed by atoms with van der Waals surface area (Å²) in [7, 11) is 0. The molecule has 19 heavy (non-hydrogen) atoms. The first kappa shape index (κ1) is 14.5. The van der Waals surface area contributed by atoms with Crippen molar-refractivity contribution in [3.8, 4) is 0 Å². The Morgan fingerprint density at radius 3 is 3.11 bits per heavy atom. The normalized spacial score (nSPS) is 18.7. The number of hydrogen-bond acceptors (Lipinski definition) is 3. The van der Waals surface area contributed by atoms with E-state index in [2.05, 4.69) is 0 Å². The first-order chi connectivity index (χ1) is 9.24. The molecule has 0 radical (unpaired) electrons. The number of halogens is 1. The second kappa shape index (κ2) is 7.65. The van der Waals surface area contributed by atoms with Gasteiger partial charge in [-0.1, -0.05) is 6.07 Å². The van der Waals surface area contributed by atoms with Crippen molar-refractivity contribution in [2.75, 3.05) is 12.4 Å². The lowest BCUT2D eigenvalue weighted by Crippen LogP contribution is -2.07. The average Bonchev–Trinajstić information content (AvgIpc) is 2.90. The van der Waals surface area contributed by atoms with Gasteiger partial charge in [0.05, 0.1) is 11.9 Å². The van der Waals surface area contributed by atoms with Crippen molar-refractivity contribution in [3.05, 3.63) is 30.1 Å². The van der Waals surface area contributed by atoms with E-state index >= 15 is 0 Å². The summed E-state index contributed by atoms with van der Waals surface area (Å²) < 4.78 is 18.5. The van der Waals surface area contributed by atoms with Gasteiger partial charge in [0.15, 0.2) is 0 Å². The van der Waals surface area contributed by atoms with E-state index in [1.807, 2.05) is 6.07 Å². The highest BCUT2D eigenvalue weighted by Gasteiger charge is 2.15. The van der Waals surface area contributed by atoms with E-state index in [-0.39, 0.29) is 11.6 Å². The van der Waals surface area contributed by atoms with Gasteiger partial charge in [-0.2, -0.15) is 0 Å². The first-order valence-corrected chi connectivity index (χ1v) is 7.74. The van der Waals surface area contributed by atoms with E-state index < -0.39 is 0 Å². The Morgan fingerprint density at radius 1 is 1.47 bits per heavy atom. The van der Waals surface area contributed by atoms with Gasteiger partial charge in [-0.15, -0.1) is 11.8 Å². The van der Waals surface area contributed by atoms with Crippen molar-refractivity contribution in [2.24, 2.45) is 0 Å². The van der Waals surface area contributed by atoms with Crippen LogP contribution in [0.5, 0.6) is 0 Å². The Hall–Kier alpha value is -0.870. The van der Waals surface area contributed by atoms with Gasteiger partial charge >= 0.3 is 0 Å². The molecule has 1 unspecified atom stereocenters. The zero-order valence-electron chi connectivity index (χ0n) is 10.9. The van der Waals surface area contributed by atoms with E-state index in [1.165, 1.54) is 23.9 Å². The predicted molar refractivity (Wildman–Crippen MR) is 75.0 cm³/mol. The molecule has 1 aliphatic heterocycles. The lowest BCUT2D eigenvalue weighted by atomic mass is 10.1. The van der Waals surface area contributed by atoms with Gasteiger partial charge in [0.1, 0.15) is 11.6 Å². The summed E-state index contributed by atoms with van der Waals surface area (Å²) in [4.78, 5) is 12.5. The van der Waals surface area contributed by atoms with Gasteiger partial charge in [0, 0.05) is 17.9 Å². The van der Waals surface area contributed by atoms with Crippen LogP contribution in [-0.2, 0) is 9.53 Å². The second-order valence-electron chi connectivity index (χ2n) is 4.81. The average molecular weight is 282 g/mol. The fraction of sp³-hybridized carbons (Fsp3) is 0.533. The molecule has 0 bridgehead atoms. The zero-order valence-corrected chi connectivity index (χ0v) is 11.8. The van der Waals surface area contributed by atoms with Crippen LogP contribution in [0.25, 0.3) is 0 Å². The number of rotatable bonds is 7. The molecule has 1 saturated heterocycles. The van der Waals surface area contributed by atoms with Crippen LogP contribution in [0.4, 0.5) is 4.39 Å². The topological polar surface area (TPSA) is 26.3 Å². The molecule has 0 amide bonds. The van der Waals surface area contributed by atoms with Gasteiger partial charge < -0.3 is 4.74 Å². The number of ether oxygens (including phenoxy) is 1. The van der Waals surface area contributed by atoms with E-state index in [0.29, 0.717) is 18.3 Å². The van der Waals surface area contributed by atoms with E-state index in [0.717, 1.165) is 37.2 Å². The molecule has 0 spiro atoms. The molecule has 0 saturated carbocycles. The van der Waals surface area contributed by atoms with Crippen molar-refractivity contribution in [1.29, 1.82) is 0 Å². The summed E-state index contributed by atoms with van der Waals surface area (Å²) in [6.07, 6.45) is 5.12. The van der Waals surface area contributed by atoms with Gasteiger partial charge in [0.25, 0.3) is 0 Å². The maximum Gasteiger partial charge on any atom is 0.143 e. The molecule has 1 aromatic carbocycles. The van der Waals surface area contributed by atoms with Crippen molar-refractivity contribution >= 4 is 17.5 Å². The largest absolute Gasteiger partial charge is 0.378 e. The van der Waals surface area contributed by atoms with Crippen molar-refractivity contribution in [3.63, 3.8) is 0 Å². The Morgan fingerprint density at radius 2 is 2.37 bits per heavy atom. The number of carbonyl (C=O) groups is 1. The maximum absolute atomic E-state index is 13.0. The van der Waals surface area contributed by atoms with Crippen LogP contribution in [0.15, 0.2) is 29.2 Å². The summed E-state index contributed by atoms with van der Waals surface area (Å²) in [5.41, 5.74) is 0. The minimum absolute atomic E-state index is 0.229. The molecule has 1 atom stereocenters. The van der Waals surface area contributed by atoms with E-state index in [1.54, 1.807) is 6.07 Å². The minimum Gasteiger partial charge on any atom is -0.378 e. The summed E-state index contributed by atoms with van der Waals surface area (Å²) in [5, 5.41) is 0. The molecule has 0 aliphatic carbocycles. The zero-order chi connectivity index (χ0) is 13.5. The third-order valence-corrected chi connectivity index (χ3v) is 4.26. The third-order valence-electron chi connectivity index (χ3n) is 3.20. The Labute approximate surface area is 117 Å². The van der Waals surface area contributed by atoms with E-state index in [9.17, 15) is 9.18 Å². The molecule has 1 heterocycles. The van der Waals surface area contributed by atoms with Crippen molar-refractivity contribution in [2.45, 2.75) is 43.1 Å². The summed E-state index contributed by atoms with van der Waals surface area (Å²) in [6, 6.07) is 6.37. The fourth-order valence-corrected chi connectivity index (χ4v) is 3.03. The predicted octanol–water partition coefficient (Wildman–Crippen LogP) is 3.84. The van der Waals surface area contributed by atoms with Crippen LogP contribution in [0.3, 0.4) is 0 Å². The van der Waals surface area contributed by atoms with Crippen LogP contribution < -0.4 is 0 Å². The van der Waals surface area contributed by atoms with Crippen LogP contribution in [0, 0.1) is 5.82 Å². The minimum atomic E-state index is -0.254. The highest BCUT2D eigenvalue weighted by molar-refractivity contribution is 8.00. The molecule has 104 valence electrons. The van der Waals surface area contributed by atoms with Crippen LogP contribution in [0.1, 0.15) is 32.1 Å².